The van der Waals surface area contributed by atoms with Crippen molar-refractivity contribution in [3.63, 3.8) is 0 Å². The lowest BCUT2D eigenvalue weighted by molar-refractivity contribution is -0.121. The maximum atomic E-state index is 10.0. The first-order valence-electron chi connectivity index (χ1n) is 4.00. The number of aryl methyl sites for hydroxylation is 1. The highest BCUT2D eigenvalue weighted by atomic mass is 16.5. The number of hydrogen-bond acceptors (Lipinski definition) is 3. The lowest BCUT2D eigenvalue weighted by Crippen LogP contribution is -2.01. The molecule has 0 aliphatic heterocycles. The Labute approximate surface area is 71.2 Å². The summed E-state index contributed by atoms with van der Waals surface area (Å²) in [5, 5.41) is 0. The number of aromatic nitrogens is 2. The Morgan fingerprint density at radius 3 is 3.25 bits per heavy atom. The molecule has 0 spiro atoms. The molecule has 0 saturated heterocycles. The van der Waals surface area contributed by atoms with Gasteiger partial charge < -0.3 is 9.30 Å². The molecule has 1 heterocycles. The van der Waals surface area contributed by atoms with E-state index in [0.29, 0.717) is 12.5 Å². The van der Waals surface area contributed by atoms with E-state index in [0.717, 1.165) is 19.4 Å². The van der Waals surface area contributed by atoms with Crippen molar-refractivity contribution in [2.45, 2.75) is 26.3 Å². The third kappa shape index (κ3) is 2.08. The van der Waals surface area contributed by atoms with Crippen LogP contribution in [0.15, 0.2) is 12.4 Å². The number of unbranched alkanes of at least 4 members (excludes halogenated alkanes) is 1. The molecule has 66 valence electrons. The number of imidazole rings is 1. The summed E-state index contributed by atoms with van der Waals surface area (Å²) in [6.07, 6.45) is 5.59. The fourth-order valence-corrected chi connectivity index (χ4v) is 0.955. The molecular weight excluding hydrogens is 156 g/mol. The lowest BCUT2D eigenvalue weighted by Gasteiger charge is -2.02. The SMILES string of the molecule is CCCCn1ccnc1OC=O. The Morgan fingerprint density at radius 1 is 1.75 bits per heavy atom. The molecule has 0 N–H and O–H groups in total. The Morgan fingerprint density at radius 2 is 2.58 bits per heavy atom. The lowest BCUT2D eigenvalue weighted by atomic mass is 10.3. The summed E-state index contributed by atoms with van der Waals surface area (Å²) in [5.74, 6) is 0. The van der Waals surface area contributed by atoms with Crippen LogP contribution in [-0.4, -0.2) is 16.0 Å². The first kappa shape index (κ1) is 8.77. The predicted octanol–water partition coefficient (Wildman–Crippen LogP) is 1.22. The molecule has 0 bridgehead atoms. The summed E-state index contributed by atoms with van der Waals surface area (Å²) < 4.78 is 6.46. The van der Waals surface area contributed by atoms with E-state index < -0.39 is 0 Å². The van der Waals surface area contributed by atoms with Gasteiger partial charge in [0, 0.05) is 18.9 Å². The Bertz CT molecular complexity index is 245. The van der Waals surface area contributed by atoms with Gasteiger partial charge in [-0.15, -0.1) is 0 Å². The van der Waals surface area contributed by atoms with Crippen molar-refractivity contribution in [3.8, 4) is 6.01 Å². The molecule has 0 radical (unpaired) electrons. The van der Waals surface area contributed by atoms with Gasteiger partial charge in [0.25, 0.3) is 0 Å². The smallest absolute Gasteiger partial charge is 0.303 e. The van der Waals surface area contributed by atoms with E-state index in [1.54, 1.807) is 12.4 Å². The molecule has 0 aromatic carbocycles. The second kappa shape index (κ2) is 4.54. The summed E-state index contributed by atoms with van der Waals surface area (Å²) in [6, 6.07) is 0.374. The molecule has 12 heavy (non-hydrogen) atoms. The van der Waals surface area contributed by atoms with Crippen LogP contribution in [0.2, 0.25) is 0 Å². The number of nitrogens with zero attached hydrogens (tertiary/aromatic N) is 2. The molecular formula is C8H12N2O2. The van der Waals surface area contributed by atoms with E-state index in [9.17, 15) is 4.79 Å². The number of hydrogen-bond donors (Lipinski definition) is 0. The number of carbonyl (C=O) groups is 1. The zero-order chi connectivity index (χ0) is 8.81. The minimum Gasteiger partial charge on any atom is -0.394 e. The van der Waals surface area contributed by atoms with E-state index in [-0.39, 0.29) is 0 Å². The third-order valence-electron chi connectivity index (χ3n) is 1.58. The monoisotopic (exact) mass is 168 g/mol. The second-order valence-electron chi connectivity index (χ2n) is 2.47. The van der Waals surface area contributed by atoms with Gasteiger partial charge in [0.15, 0.2) is 0 Å². The molecule has 1 aromatic rings. The van der Waals surface area contributed by atoms with Crippen LogP contribution in [-0.2, 0) is 11.3 Å². The summed E-state index contributed by atoms with van der Waals surface area (Å²) in [5.41, 5.74) is 0. The maximum Gasteiger partial charge on any atom is 0.303 e. The summed E-state index contributed by atoms with van der Waals surface area (Å²) in [6.45, 7) is 3.35. The highest BCUT2D eigenvalue weighted by Crippen LogP contribution is 2.07. The van der Waals surface area contributed by atoms with Crippen molar-refractivity contribution in [2.24, 2.45) is 0 Å². The number of carbonyl (C=O) groups excluding carboxylic acids is 1. The second-order valence-corrected chi connectivity index (χ2v) is 2.47. The minimum absolute atomic E-state index is 0.374. The van der Waals surface area contributed by atoms with E-state index >= 15 is 0 Å². The van der Waals surface area contributed by atoms with E-state index in [4.69, 9.17) is 0 Å². The van der Waals surface area contributed by atoms with Gasteiger partial charge >= 0.3 is 12.5 Å². The minimum atomic E-state index is 0.374. The normalized spacial score (nSPS) is 9.75. The molecule has 0 unspecified atom stereocenters. The van der Waals surface area contributed by atoms with Gasteiger partial charge in [-0.1, -0.05) is 13.3 Å². The van der Waals surface area contributed by atoms with Gasteiger partial charge in [0.2, 0.25) is 0 Å². The van der Waals surface area contributed by atoms with E-state index in [1.165, 1.54) is 0 Å². The van der Waals surface area contributed by atoms with Crippen molar-refractivity contribution in [1.82, 2.24) is 9.55 Å². The average Bonchev–Trinajstić information content (AvgIpc) is 2.50. The molecule has 1 rings (SSSR count). The zero-order valence-corrected chi connectivity index (χ0v) is 7.06. The molecule has 4 heteroatoms. The van der Waals surface area contributed by atoms with Crippen LogP contribution in [0.3, 0.4) is 0 Å². The first-order chi connectivity index (χ1) is 5.88. The van der Waals surface area contributed by atoms with Crippen LogP contribution in [0.25, 0.3) is 0 Å². The van der Waals surface area contributed by atoms with Crippen molar-refractivity contribution < 1.29 is 9.53 Å². The summed E-state index contributed by atoms with van der Waals surface area (Å²) >= 11 is 0. The average molecular weight is 168 g/mol. The van der Waals surface area contributed by atoms with Gasteiger partial charge in [-0.3, -0.25) is 4.79 Å². The van der Waals surface area contributed by atoms with E-state index in [2.05, 4.69) is 16.6 Å². The van der Waals surface area contributed by atoms with Crippen molar-refractivity contribution in [3.05, 3.63) is 12.4 Å². The Balaban J connectivity index is 2.57. The van der Waals surface area contributed by atoms with Crippen LogP contribution >= 0.6 is 0 Å². The van der Waals surface area contributed by atoms with Gasteiger partial charge in [0.1, 0.15) is 0 Å². The Hall–Kier alpha value is -1.32. The molecule has 0 aliphatic carbocycles. The van der Waals surface area contributed by atoms with Crippen LogP contribution in [0, 0.1) is 0 Å². The first-order valence-corrected chi connectivity index (χ1v) is 4.00. The quantitative estimate of drug-likeness (QED) is 0.621. The van der Waals surface area contributed by atoms with Crippen molar-refractivity contribution >= 4 is 6.47 Å². The molecule has 0 fully saturated rings. The topological polar surface area (TPSA) is 44.1 Å². The number of ether oxygens (including phenoxy) is 1. The van der Waals surface area contributed by atoms with Gasteiger partial charge in [-0.25, -0.2) is 4.98 Å². The van der Waals surface area contributed by atoms with Crippen LogP contribution < -0.4 is 4.74 Å². The van der Waals surface area contributed by atoms with Crippen LogP contribution in [0.4, 0.5) is 0 Å². The van der Waals surface area contributed by atoms with Crippen molar-refractivity contribution in [2.75, 3.05) is 0 Å². The van der Waals surface area contributed by atoms with Crippen LogP contribution in [0.5, 0.6) is 6.01 Å². The summed E-state index contributed by atoms with van der Waals surface area (Å²) in [4.78, 5) is 13.9. The zero-order valence-electron chi connectivity index (χ0n) is 7.06. The molecule has 0 aliphatic rings. The molecule has 0 atom stereocenters. The summed E-state index contributed by atoms with van der Waals surface area (Å²) in [7, 11) is 0. The molecule has 4 nitrogen and oxygen atoms in total. The van der Waals surface area contributed by atoms with Gasteiger partial charge in [0.05, 0.1) is 0 Å². The van der Waals surface area contributed by atoms with Crippen molar-refractivity contribution in [1.29, 1.82) is 0 Å². The largest absolute Gasteiger partial charge is 0.394 e. The highest BCUT2D eigenvalue weighted by molar-refractivity contribution is 5.41. The van der Waals surface area contributed by atoms with E-state index in [1.807, 2.05) is 4.57 Å². The standard InChI is InChI=1S/C8H12N2O2/c1-2-3-5-10-6-4-9-8(10)12-7-11/h4,6-7H,2-3,5H2,1H3. The molecule has 0 saturated carbocycles. The molecule has 0 amide bonds. The highest BCUT2D eigenvalue weighted by Gasteiger charge is 2.01. The molecule has 1 aromatic heterocycles. The third-order valence-corrected chi connectivity index (χ3v) is 1.58. The van der Waals surface area contributed by atoms with Gasteiger partial charge in [-0.2, -0.15) is 0 Å². The fourth-order valence-electron chi connectivity index (χ4n) is 0.955. The maximum absolute atomic E-state index is 10.0. The predicted molar refractivity (Wildman–Crippen MR) is 43.8 cm³/mol. The fraction of sp³-hybridized carbons (Fsp3) is 0.500. The number of rotatable bonds is 5. The van der Waals surface area contributed by atoms with Crippen LogP contribution in [0.1, 0.15) is 19.8 Å². The van der Waals surface area contributed by atoms with Gasteiger partial charge in [-0.05, 0) is 6.42 Å². The Kier molecular flexibility index (Phi) is 3.32.